The summed E-state index contributed by atoms with van der Waals surface area (Å²) in [6, 6.07) is 5.47. The van der Waals surface area contributed by atoms with Crippen molar-refractivity contribution in [3.63, 3.8) is 0 Å². The molecule has 1 aromatic carbocycles. The second kappa shape index (κ2) is 7.12. The number of halogens is 2. The largest absolute Gasteiger partial charge is 0.352 e. The molecule has 0 fully saturated rings. The van der Waals surface area contributed by atoms with Gasteiger partial charge in [0, 0.05) is 6.54 Å². The number of rotatable bonds is 5. The summed E-state index contributed by atoms with van der Waals surface area (Å²) in [5, 5.41) is 3.39. The Morgan fingerprint density at radius 1 is 1.44 bits per heavy atom. The molecule has 0 bridgehead atoms. The Hall–Kier alpha value is -0.290. The third-order valence-corrected chi connectivity index (χ3v) is 3.29. The van der Waals surface area contributed by atoms with Gasteiger partial charge in [-0.2, -0.15) is 0 Å². The van der Waals surface area contributed by atoms with E-state index >= 15 is 0 Å². The minimum atomic E-state index is -0.0848. The molecule has 0 heterocycles. The van der Waals surface area contributed by atoms with Crippen LogP contribution in [0.25, 0.3) is 0 Å². The van der Waals surface area contributed by atoms with Gasteiger partial charge in [0.2, 0.25) is 0 Å². The van der Waals surface area contributed by atoms with E-state index in [0.717, 1.165) is 22.8 Å². The molecule has 1 rings (SSSR count). The van der Waals surface area contributed by atoms with E-state index in [9.17, 15) is 4.79 Å². The van der Waals surface area contributed by atoms with E-state index in [1.165, 1.54) is 0 Å². The zero-order chi connectivity index (χ0) is 12.0. The van der Waals surface area contributed by atoms with Crippen molar-refractivity contribution in [1.82, 2.24) is 5.32 Å². The van der Waals surface area contributed by atoms with Gasteiger partial charge in [-0.3, -0.25) is 4.79 Å². The minimum Gasteiger partial charge on any atom is -0.352 e. The topological polar surface area (TPSA) is 29.1 Å². The van der Waals surface area contributed by atoms with Gasteiger partial charge in [-0.1, -0.05) is 40.3 Å². The lowest BCUT2D eigenvalue weighted by molar-refractivity contribution is 0.0953. The number of hydrogen-bond donors (Lipinski definition) is 1. The molecular weight excluding hydrogens is 336 g/mol. The Labute approximate surface area is 115 Å². The number of carbonyl (C=O) groups is 1. The number of nitrogens with one attached hydrogen (secondary N) is 1. The van der Waals surface area contributed by atoms with Crippen LogP contribution in [0.4, 0.5) is 0 Å². The quantitative estimate of drug-likeness (QED) is 0.490. The maximum absolute atomic E-state index is 11.7. The Kier molecular flexibility index (Phi) is 6.13. The smallest absolute Gasteiger partial charge is 0.252 e. The van der Waals surface area contributed by atoms with Gasteiger partial charge in [0.1, 0.15) is 0 Å². The average Bonchev–Trinajstić information content (AvgIpc) is 2.24. The SMILES string of the molecule is Cc1ccc(C(=O)NCCCCI)c(Cl)c1. The van der Waals surface area contributed by atoms with E-state index in [2.05, 4.69) is 27.9 Å². The van der Waals surface area contributed by atoms with Crippen LogP contribution in [0.5, 0.6) is 0 Å². The molecular formula is C12H15ClINO. The third-order valence-electron chi connectivity index (χ3n) is 2.22. The van der Waals surface area contributed by atoms with Crippen molar-refractivity contribution < 1.29 is 4.79 Å². The Morgan fingerprint density at radius 2 is 2.19 bits per heavy atom. The molecule has 4 heteroatoms. The van der Waals surface area contributed by atoms with Gasteiger partial charge < -0.3 is 5.32 Å². The summed E-state index contributed by atoms with van der Waals surface area (Å²) < 4.78 is 1.12. The zero-order valence-corrected chi connectivity index (χ0v) is 12.1. The number of benzene rings is 1. The van der Waals surface area contributed by atoms with Crippen LogP contribution in [0.1, 0.15) is 28.8 Å². The molecule has 0 aliphatic heterocycles. The van der Waals surface area contributed by atoms with E-state index in [0.29, 0.717) is 17.1 Å². The summed E-state index contributed by atoms with van der Waals surface area (Å²) in [6.45, 7) is 2.67. The Balaban J connectivity index is 2.53. The van der Waals surface area contributed by atoms with Crippen LogP contribution in [0, 0.1) is 6.92 Å². The third kappa shape index (κ3) is 4.29. The average molecular weight is 352 g/mol. The molecule has 0 spiro atoms. The van der Waals surface area contributed by atoms with Crippen LogP contribution in [-0.2, 0) is 0 Å². The zero-order valence-electron chi connectivity index (χ0n) is 9.22. The second-order valence-electron chi connectivity index (χ2n) is 3.64. The van der Waals surface area contributed by atoms with Crippen molar-refractivity contribution in [3.8, 4) is 0 Å². The standard InChI is InChI=1S/C12H15ClINO/c1-9-4-5-10(11(13)8-9)12(16)15-7-3-2-6-14/h4-5,8H,2-3,6-7H2,1H3,(H,15,16). The van der Waals surface area contributed by atoms with Crippen LogP contribution in [-0.4, -0.2) is 16.9 Å². The van der Waals surface area contributed by atoms with Gasteiger partial charge in [-0.25, -0.2) is 0 Å². The Morgan fingerprint density at radius 3 is 2.81 bits per heavy atom. The first kappa shape index (κ1) is 13.8. The molecule has 0 atom stereocenters. The lowest BCUT2D eigenvalue weighted by Gasteiger charge is -2.06. The monoisotopic (exact) mass is 351 g/mol. The summed E-state index contributed by atoms with van der Waals surface area (Å²) in [5.41, 5.74) is 1.62. The summed E-state index contributed by atoms with van der Waals surface area (Å²) in [5.74, 6) is -0.0848. The van der Waals surface area contributed by atoms with E-state index in [1.807, 2.05) is 13.0 Å². The van der Waals surface area contributed by atoms with Gasteiger partial charge in [0.25, 0.3) is 5.91 Å². The first-order valence-corrected chi connectivity index (χ1v) is 7.16. The predicted molar refractivity (Wildman–Crippen MR) is 76.6 cm³/mol. The fraction of sp³-hybridized carbons (Fsp3) is 0.417. The number of alkyl halides is 1. The molecule has 0 saturated carbocycles. The number of amides is 1. The van der Waals surface area contributed by atoms with E-state index in [1.54, 1.807) is 12.1 Å². The molecule has 1 N–H and O–H groups in total. The summed E-state index contributed by atoms with van der Waals surface area (Å²) in [7, 11) is 0. The molecule has 0 aliphatic rings. The lowest BCUT2D eigenvalue weighted by Crippen LogP contribution is -2.24. The molecule has 0 saturated heterocycles. The number of aryl methyl sites for hydroxylation is 1. The van der Waals surface area contributed by atoms with Crippen LogP contribution in [0.3, 0.4) is 0 Å². The predicted octanol–water partition coefficient (Wildman–Crippen LogP) is 3.59. The van der Waals surface area contributed by atoms with Crippen molar-refractivity contribution in [1.29, 1.82) is 0 Å². The Bertz CT molecular complexity index is 368. The molecule has 0 radical (unpaired) electrons. The maximum Gasteiger partial charge on any atom is 0.252 e. The molecule has 1 amide bonds. The maximum atomic E-state index is 11.7. The number of hydrogen-bond acceptors (Lipinski definition) is 1. The van der Waals surface area contributed by atoms with Crippen molar-refractivity contribution >= 4 is 40.1 Å². The minimum absolute atomic E-state index is 0.0848. The van der Waals surface area contributed by atoms with Gasteiger partial charge in [-0.15, -0.1) is 0 Å². The highest BCUT2D eigenvalue weighted by molar-refractivity contribution is 14.1. The van der Waals surface area contributed by atoms with Crippen molar-refractivity contribution in [2.24, 2.45) is 0 Å². The first-order valence-electron chi connectivity index (χ1n) is 5.25. The van der Waals surface area contributed by atoms with Crippen molar-refractivity contribution in [2.45, 2.75) is 19.8 Å². The molecule has 0 aliphatic carbocycles. The fourth-order valence-electron chi connectivity index (χ4n) is 1.32. The van der Waals surface area contributed by atoms with Crippen LogP contribution >= 0.6 is 34.2 Å². The molecule has 16 heavy (non-hydrogen) atoms. The van der Waals surface area contributed by atoms with Crippen molar-refractivity contribution in [3.05, 3.63) is 34.3 Å². The van der Waals surface area contributed by atoms with E-state index in [4.69, 9.17) is 11.6 Å². The highest BCUT2D eigenvalue weighted by atomic mass is 127. The number of unbranched alkanes of at least 4 members (excludes halogenated alkanes) is 1. The summed E-state index contributed by atoms with van der Waals surface area (Å²) in [6.07, 6.45) is 2.14. The highest BCUT2D eigenvalue weighted by Gasteiger charge is 2.08. The molecule has 88 valence electrons. The fourth-order valence-corrected chi connectivity index (χ4v) is 2.18. The normalized spacial score (nSPS) is 10.2. The van der Waals surface area contributed by atoms with Gasteiger partial charge in [0.05, 0.1) is 10.6 Å². The van der Waals surface area contributed by atoms with Gasteiger partial charge in [-0.05, 0) is 41.9 Å². The highest BCUT2D eigenvalue weighted by Crippen LogP contribution is 2.17. The van der Waals surface area contributed by atoms with Gasteiger partial charge in [0.15, 0.2) is 0 Å². The van der Waals surface area contributed by atoms with Gasteiger partial charge >= 0.3 is 0 Å². The van der Waals surface area contributed by atoms with Crippen LogP contribution in [0.2, 0.25) is 5.02 Å². The van der Waals surface area contributed by atoms with Crippen LogP contribution in [0.15, 0.2) is 18.2 Å². The molecule has 1 aromatic rings. The first-order chi connectivity index (χ1) is 7.65. The molecule has 2 nitrogen and oxygen atoms in total. The summed E-state index contributed by atoms with van der Waals surface area (Å²) in [4.78, 5) is 11.7. The number of carbonyl (C=O) groups excluding carboxylic acids is 1. The van der Waals surface area contributed by atoms with E-state index < -0.39 is 0 Å². The van der Waals surface area contributed by atoms with Crippen LogP contribution < -0.4 is 5.32 Å². The van der Waals surface area contributed by atoms with E-state index in [-0.39, 0.29) is 5.91 Å². The second-order valence-corrected chi connectivity index (χ2v) is 5.12. The molecule has 0 unspecified atom stereocenters. The van der Waals surface area contributed by atoms with Crippen molar-refractivity contribution in [2.75, 3.05) is 11.0 Å². The molecule has 0 aromatic heterocycles. The lowest BCUT2D eigenvalue weighted by atomic mass is 10.1. The summed E-state index contributed by atoms with van der Waals surface area (Å²) >= 11 is 8.33.